The fraction of sp³-hybridized carbons (Fsp3) is 0.714. The topological polar surface area (TPSA) is 69.5 Å². The molecule has 0 aromatic heterocycles. The molecule has 0 aliphatic heterocycles. The molecule has 0 amide bonds. The first-order valence-corrected chi connectivity index (χ1v) is 3.86. The molecule has 0 atom stereocenters. The summed E-state index contributed by atoms with van der Waals surface area (Å²) in [6.45, 7) is 0.892. The number of hydrazine groups is 1. The molecule has 5 heteroatoms. The molecule has 0 saturated carbocycles. The first-order valence-electron chi connectivity index (χ1n) is 3.86. The van der Waals surface area contributed by atoms with Crippen molar-refractivity contribution in [3.8, 4) is 0 Å². The summed E-state index contributed by atoms with van der Waals surface area (Å²) in [7, 11) is 3.26. The third kappa shape index (κ3) is 7.17. The van der Waals surface area contributed by atoms with E-state index in [1.165, 1.54) is 7.11 Å². The summed E-state index contributed by atoms with van der Waals surface area (Å²) in [5.41, 5.74) is 5.77. The van der Waals surface area contributed by atoms with E-state index in [0.717, 1.165) is 19.4 Å². The van der Waals surface area contributed by atoms with Gasteiger partial charge >= 0.3 is 6.02 Å². The number of nitrogens with zero attached hydrogens (tertiary/aromatic N) is 1. The molecule has 0 radical (unpaired) electrons. The van der Waals surface area contributed by atoms with Crippen molar-refractivity contribution in [2.75, 3.05) is 20.7 Å². The lowest BCUT2D eigenvalue weighted by atomic mass is 10.3. The minimum absolute atomic E-state index is 0.0448. The van der Waals surface area contributed by atoms with Crippen LogP contribution < -0.4 is 10.9 Å². The average Bonchev–Trinajstić information content (AvgIpc) is 2.10. The van der Waals surface area contributed by atoms with E-state index in [-0.39, 0.29) is 6.02 Å². The van der Waals surface area contributed by atoms with Gasteiger partial charge in [-0.25, -0.2) is 10.4 Å². The molecule has 0 bridgehead atoms. The quantitative estimate of drug-likeness (QED) is 0.239. The van der Waals surface area contributed by atoms with Crippen molar-refractivity contribution in [2.24, 2.45) is 4.99 Å². The van der Waals surface area contributed by atoms with Crippen LogP contribution in [0.2, 0.25) is 0 Å². The standard InChI is InChI=1S/C7H16N4O/c1-9-11-6-4-3-5-10-7(8)12-2/h5,8-9,11H,3-4,6H2,1-2H3/b8-7?,10-5-. The number of rotatable bonds is 5. The molecule has 0 aromatic carbocycles. The molecule has 0 rings (SSSR count). The maximum Gasteiger partial charge on any atom is 0.308 e. The number of unbranched alkanes of at least 4 members (excludes halogenated alkanes) is 1. The van der Waals surface area contributed by atoms with Crippen LogP contribution in [0.3, 0.4) is 0 Å². The number of aliphatic imine (C=N–C) groups is 1. The number of hydrogen-bond donors (Lipinski definition) is 3. The zero-order chi connectivity index (χ0) is 9.23. The van der Waals surface area contributed by atoms with Gasteiger partial charge in [0.25, 0.3) is 0 Å². The van der Waals surface area contributed by atoms with Crippen LogP contribution in [-0.2, 0) is 4.74 Å². The molecule has 0 aromatic rings. The van der Waals surface area contributed by atoms with E-state index >= 15 is 0 Å². The van der Waals surface area contributed by atoms with Crippen LogP contribution in [0, 0.1) is 5.41 Å². The lowest BCUT2D eigenvalue weighted by molar-refractivity contribution is 0.393. The van der Waals surface area contributed by atoms with Gasteiger partial charge in [-0.15, -0.1) is 0 Å². The summed E-state index contributed by atoms with van der Waals surface area (Å²) in [6.07, 6.45) is 3.52. The lowest BCUT2D eigenvalue weighted by Crippen LogP contribution is -2.28. The Morgan fingerprint density at radius 2 is 2.42 bits per heavy atom. The highest BCUT2D eigenvalue weighted by Gasteiger charge is 1.86. The van der Waals surface area contributed by atoms with Gasteiger partial charge in [0.15, 0.2) is 0 Å². The van der Waals surface area contributed by atoms with Gasteiger partial charge in [0.1, 0.15) is 0 Å². The maximum absolute atomic E-state index is 7.01. The summed E-state index contributed by atoms with van der Waals surface area (Å²) >= 11 is 0. The fourth-order valence-corrected chi connectivity index (χ4v) is 0.607. The molecule has 0 heterocycles. The van der Waals surface area contributed by atoms with Crippen molar-refractivity contribution in [3.63, 3.8) is 0 Å². The highest BCUT2D eigenvalue weighted by atomic mass is 16.5. The van der Waals surface area contributed by atoms with Gasteiger partial charge < -0.3 is 4.74 Å². The molecule has 12 heavy (non-hydrogen) atoms. The smallest absolute Gasteiger partial charge is 0.308 e. The first-order chi connectivity index (χ1) is 5.81. The van der Waals surface area contributed by atoms with E-state index < -0.39 is 0 Å². The van der Waals surface area contributed by atoms with Gasteiger partial charge in [0, 0.05) is 12.8 Å². The Morgan fingerprint density at radius 1 is 1.67 bits per heavy atom. The van der Waals surface area contributed by atoms with Gasteiger partial charge in [-0.05, 0) is 19.9 Å². The van der Waals surface area contributed by atoms with Crippen LogP contribution in [0.25, 0.3) is 0 Å². The third-order valence-electron chi connectivity index (χ3n) is 1.21. The van der Waals surface area contributed by atoms with E-state index in [9.17, 15) is 0 Å². The number of nitrogens with one attached hydrogen (secondary N) is 3. The van der Waals surface area contributed by atoms with Crippen LogP contribution in [0.4, 0.5) is 0 Å². The molecular formula is C7H16N4O. The molecule has 0 saturated heterocycles. The highest BCUT2D eigenvalue weighted by molar-refractivity contribution is 5.80. The van der Waals surface area contributed by atoms with Crippen molar-refractivity contribution < 1.29 is 4.74 Å². The normalized spacial score (nSPS) is 10.5. The van der Waals surface area contributed by atoms with E-state index in [4.69, 9.17) is 5.41 Å². The molecule has 0 aliphatic carbocycles. The third-order valence-corrected chi connectivity index (χ3v) is 1.21. The second kappa shape index (κ2) is 8.16. The molecule has 70 valence electrons. The summed E-state index contributed by atoms with van der Waals surface area (Å²) in [4.78, 5) is 3.73. The SMILES string of the molecule is CNNCCC/C=N\C(=N)OC. The molecule has 3 N–H and O–H groups in total. The van der Waals surface area contributed by atoms with Crippen molar-refractivity contribution >= 4 is 12.2 Å². The summed E-state index contributed by atoms with van der Waals surface area (Å²) in [5.74, 6) is 0. The second-order valence-corrected chi connectivity index (χ2v) is 2.14. The lowest BCUT2D eigenvalue weighted by Gasteiger charge is -1.98. The highest BCUT2D eigenvalue weighted by Crippen LogP contribution is 1.83. The van der Waals surface area contributed by atoms with Crippen LogP contribution in [0.15, 0.2) is 4.99 Å². The Labute approximate surface area is 72.7 Å². The Balaban J connectivity index is 3.18. The molecule has 0 spiro atoms. The van der Waals surface area contributed by atoms with E-state index in [2.05, 4.69) is 20.6 Å². The van der Waals surface area contributed by atoms with E-state index in [1.807, 2.05) is 7.05 Å². The van der Waals surface area contributed by atoms with E-state index in [0.29, 0.717) is 0 Å². The number of methoxy groups -OCH3 is 1. The molecule has 0 unspecified atom stereocenters. The van der Waals surface area contributed by atoms with E-state index in [1.54, 1.807) is 6.21 Å². The Kier molecular flexibility index (Phi) is 7.52. The predicted octanol–water partition coefficient (Wildman–Crippen LogP) is 0.143. The maximum atomic E-state index is 7.01. The zero-order valence-corrected chi connectivity index (χ0v) is 7.55. The van der Waals surface area contributed by atoms with Gasteiger partial charge in [-0.2, -0.15) is 0 Å². The Hall–Kier alpha value is -0.940. The summed E-state index contributed by atoms with van der Waals surface area (Å²) in [5, 5.41) is 7.01. The number of hydrogen-bond acceptors (Lipinski definition) is 4. The van der Waals surface area contributed by atoms with Crippen LogP contribution in [0.5, 0.6) is 0 Å². The molecule has 0 aliphatic rings. The average molecular weight is 172 g/mol. The summed E-state index contributed by atoms with van der Waals surface area (Å²) in [6, 6.07) is -0.0448. The van der Waals surface area contributed by atoms with Crippen molar-refractivity contribution in [1.29, 1.82) is 5.41 Å². The zero-order valence-electron chi connectivity index (χ0n) is 7.55. The minimum atomic E-state index is -0.0448. The fourth-order valence-electron chi connectivity index (χ4n) is 0.607. The predicted molar refractivity (Wildman–Crippen MR) is 49.5 cm³/mol. The molecular weight excluding hydrogens is 156 g/mol. The monoisotopic (exact) mass is 172 g/mol. The first kappa shape index (κ1) is 11.1. The van der Waals surface area contributed by atoms with Crippen LogP contribution in [-0.4, -0.2) is 32.9 Å². The van der Waals surface area contributed by atoms with Gasteiger partial charge in [0.2, 0.25) is 0 Å². The van der Waals surface area contributed by atoms with Crippen molar-refractivity contribution in [2.45, 2.75) is 12.8 Å². The number of ether oxygens (including phenoxy) is 1. The second-order valence-electron chi connectivity index (χ2n) is 2.14. The Bertz CT molecular complexity index is 146. The van der Waals surface area contributed by atoms with Crippen LogP contribution in [0.1, 0.15) is 12.8 Å². The largest absolute Gasteiger partial charge is 0.467 e. The van der Waals surface area contributed by atoms with Crippen LogP contribution >= 0.6 is 0 Å². The molecule has 0 fully saturated rings. The van der Waals surface area contributed by atoms with Gasteiger partial charge in [0.05, 0.1) is 7.11 Å². The number of amidine groups is 1. The van der Waals surface area contributed by atoms with Crippen molar-refractivity contribution in [3.05, 3.63) is 0 Å². The summed E-state index contributed by atoms with van der Waals surface area (Å²) < 4.78 is 4.54. The molecule has 5 nitrogen and oxygen atoms in total. The minimum Gasteiger partial charge on any atom is -0.467 e. The van der Waals surface area contributed by atoms with Crippen molar-refractivity contribution in [1.82, 2.24) is 10.9 Å². The Morgan fingerprint density at radius 3 is 3.00 bits per heavy atom. The van der Waals surface area contributed by atoms with Gasteiger partial charge in [-0.3, -0.25) is 10.9 Å². The van der Waals surface area contributed by atoms with Gasteiger partial charge in [-0.1, -0.05) is 0 Å².